The maximum atomic E-state index is 12.7. The summed E-state index contributed by atoms with van der Waals surface area (Å²) in [4.78, 5) is 0. The maximum Gasteiger partial charge on any atom is 0.264 e. The van der Waals surface area contributed by atoms with E-state index in [-0.39, 0.29) is 0 Å². The van der Waals surface area contributed by atoms with Crippen LogP contribution in [-0.4, -0.2) is 26.9 Å². The van der Waals surface area contributed by atoms with Crippen molar-refractivity contribution < 1.29 is 17.0 Å². The number of hydrogen-bond acceptors (Lipinski definition) is 3. The first kappa shape index (κ1) is 8.93. The number of hydrogen-bond donors (Lipinski definition) is 0. The van der Waals surface area contributed by atoms with Crippen LogP contribution < -0.4 is 0 Å². The predicted octanol–water partition coefficient (Wildman–Crippen LogP) is 0.853. The summed E-state index contributed by atoms with van der Waals surface area (Å²) in [6.45, 7) is 0. The minimum absolute atomic E-state index is 0.417. The summed E-state index contributed by atoms with van der Waals surface area (Å²) in [5.74, 6) is 0. The van der Waals surface area contributed by atoms with Gasteiger partial charge in [-0.05, 0) is 19.3 Å². The van der Waals surface area contributed by atoms with E-state index in [1.54, 1.807) is 0 Å². The molecule has 0 N–H and O–H groups in total. The average molecular weight is 182 g/mol. The summed E-state index contributed by atoms with van der Waals surface area (Å²) in [6, 6.07) is 0. The molecule has 0 radical (unpaired) electrons. The van der Waals surface area contributed by atoms with Crippen molar-refractivity contribution in [1.82, 2.24) is 0 Å². The SMILES string of the molecule is CS(=O)(=O)OC1CCCC1F. The lowest BCUT2D eigenvalue weighted by Gasteiger charge is -2.10. The van der Waals surface area contributed by atoms with Gasteiger partial charge < -0.3 is 0 Å². The quantitative estimate of drug-likeness (QED) is 0.595. The summed E-state index contributed by atoms with van der Waals surface area (Å²) in [5.41, 5.74) is 0. The van der Waals surface area contributed by atoms with Gasteiger partial charge in [0, 0.05) is 0 Å². The molecular formula is C6H11FO3S. The van der Waals surface area contributed by atoms with Gasteiger partial charge in [0.25, 0.3) is 10.1 Å². The van der Waals surface area contributed by atoms with E-state index in [0.717, 1.165) is 6.26 Å². The number of alkyl halides is 1. The molecular weight excluding hydrogens is 171 g/mol. The second-order valence-electron chi connectivity index (χ2n) is 2.79. The Bertz CT molecular complexity index is 224. The molecule has 1 rings (SSSR count). The number of rotatable bonds is 2. The third-order valence-corrected chi connectivity index (χ3v) is 2.27. The molecule has 0 aromatic heterocycles. The molecule has 1 fully saturated rings. The zero-order valence-electron chi connectivity index (χ0n) is 6.29. The number of halogens is 1. The smallest absolute Gasteiger partial charge is 0.264 e. The first-order valence-electron chi connectivity index (χ1n) is 3.51. The molecule has 0 spiro atoms. The van der Waals surface area contributed by atoms with Crippen LogP contribution in [0.5, 0.6) is 0 Å². The van der Waals surface area contributed by atoms with E-state index in [1.165, 1.54) is 0 Å². The molecule has 3 nitrogen and oxygen atoms in total. The lowest BCUT2D eigenvalue weighted by molar-refractivity contribution is 0.133. The van der Waals surface area contributed by atoms with Crippen molar-refractivity contribution in [2.45, 2.75) is 31.5 Å². The maximum absolute atomic E-state index is 12.7. The van der Waals surface area contributed by atoms with E-state index >= 15 is 0 Å². The Balaban J connectivity index is 2.50. The molecule has 66 valence electrons. The topological polar surface area (TPSA) is 43.4 Å². The standard InChI is InChI=1S/C6H11FO3S/c1-11(8,9)10-6-4-2-3-5(6)7/h5-6H,2-4H2,1H3. The van der Waals surface area contributed by atoms with E-state index in [4.69, 9.17) is 0 Å². The molecule has 5 heteroatoms. The van der Waals surface area contributed by atoms with Gasteiger partial charge in [0.2, 0.25) is 0 Å². The van der Waals surface area contributed by atoms with Gasteiger partial charge in [-0.3, -0.25) is 4.18 Å². The van der Waals surface area contributed by atoms with Crippen molar-refractivity contribution in [2.24, 2.45) is 0 Å². The minimum Gasteiger partial charge on any atom is -0.264 e. The van der Waals surface area contributed by atoms with Crippen LogP contribution in [0.1, 0.15) is 19.3 Å². The van der Waals surface area contributed by atoms with Crippen LogP contribution in [0.2, 0.25) is 0 Å². The fourth-order valence-electron chi connectivity index (χ4n) is 1.21. The molecule has 0 amide bonds. The lowest BCUT2D eigenvalue weighted by atomic mass is 10.3. The molecule has 0 aromatic rings. The Morgan fingerprint density at radius 3 is 2.45 bits per heavy atom. The average Bonchev–Trinajstić information content (AvgIpc) is 2.12. The third kappa shape index (κ3) is 2.75. The Labute approximate surface area is 65.7 Å². The highest BCUT2D eigenvalue weighted by atomic mass is 32.2. The van der Waals surface area contributed by atoms with E-state index in [0.29, 0.717) is 19.3 Å². The molecule has 0 aromatic carbocycles. The zero-order valence-corrected chi connectivity index (χ0v) is 7.10. The molecule has 2 unspecified atom stereocenters. The van der Waals surface area contributed by atoms with Gasteiger partial charge in [-0.15, -0.1) is 0 Å². The fourth-order valence-corrected chi connectivity index (χ4v) is 1.88. The van der Waals surface area contributed by atoms with Crippen LogP contribution in [-0.2, 0) is 14.3 Å². The van der Waals surface area contributed by atoms with Gasteiger partial charge in [0.1, 0.15) is 12.3 Å². The zero-order chi connectivity index (χ0) is 8.48. The Hall–Kier alpha value is -0.160. The van der Waals surface area contributed by atoms with Gasteiger partial charge in [0.15, 0.2) is 0 Å². The van der Waals surface area contributed by atoms with Crippen molar-refractivity contribution in [3.63, 3.8) is 0 Å². The molecule has 1 saturated carbocycles. The summed E-state index contributed by atoms with van der Waals surface area (Å²) >= 11 is 0. The Morgan fingerprint density at radius 2 is 2.09 bits per heavy atom. The third-order valence-electron chi connectivity index (χ3n) is 1.67. The second kappa shape index (κ2) is 3.06. The highest BCUT2D eigenvalue weighted by molar-refractivity contribution is 7.86. The van der Waals surface area contributed by atoms with Crippen LogP contribution in [0.25, 0.3) is 0 Å². The molecule has 0 heterocycles. The highest BCUT2D eigenvalue weighted by Crippen LogP contribution is 2.25. The van der Waals surface area contributed by atoms with Gasteiger partial charge >= 0.3 is 0 Å². The second-order valence-corrected chi connectivity index (χ2v) is 4.39. The highest BCUT2D eigenvalue weighted by Gasteiger charge is 2.30. The lowest BCUT2D eigenvalue weighted by Crippen LogP contribution is -2.22. The first-order chi connectivity index (χ1) is 4.99. The normalized spacial score (nSPS) is 32.5. The van der Waals surface area contributed by atoms with Crippen molar-refractivity contribution in [3.05, 3.63) is 0 Å². The van der Waals surface area contributed by atoms with Gasteiger partial charge in [0.05, 0.1) is 6.26 Å². The van der Waals surface area contributed by atoms with Crippen molar-refractivity contribution in [1.29, 1.82) is 0 Å². The molecule has 0 bridgehead atoms. The Kier molecular flexibility index (Phi) is 2.49. The van der Waals surface area contributed by atoms with Gasteiger partial charge in [-0.1, -0.05) is 0 Å². The largest absolute Gasteiger partial charge is 0.264 e. The molecule has 2 atom stereocenters. The van der Waals surface area contributed by atoms with Crippen molar-refractivity contribution >= 4 is 10.1 Å². The van der Waals surface area contributed by atoms with Crippen molar-refractivity contribution in [2.75, 3.05) is 6.26 Å². The first-order valence-corrected chi connectivity index (χ1v) is 5.33. The summed E-state index contributed by atoms with van der Waals surface area (Å²) in [5, 5.41) is 0. The predicted molar refractivity (Wildman–Crippen MR) is 38.5 cm³/mol. The summed E-state index contributed by atoms with van der Waals surface area (Å²) < 4.78 is 38.3. The van der Waals surface area contributed by atoms with Crippen LogP contribution >= 0.6 is 0 Å². The van der Waals surface area contributed by atoms with E-state index in [9.17, 15) is 12.8 Å². The monoisotopic (exact) mass is 182 g/mol. The van der Waals surface area contributed by atoms with E-state index < -0.39 is 22.4 Å². The van der Waals surface area contributed by atoms with Gasteiger partial charge in [-0.2, -0.15) is 8.42 Å². The fraction of sp³-hybridized carbons (Fsp3) is 1.00. The summed E-state index contributed by atoms with van der Waals surface area (Å²) in [6.07, 6.45) is 0.739. The Morgan fingerprint density at radius 1 is 1.45 bits per heavy atom. The minimum atomic E-state index is -3.48. The van der Waals surface area contributed by atoms with Crippen LogP contribution in [0.3, 0.4) is 0 Å². The molecule has 11 heavy (non-hydrogen) atoms. The molecule has 1 aliphatic carbocycles. The van der Waals surface area contributed by atoms with Crippen LogP contribution in [0.15, 0.2) is 0 Å². The van der Waals surface area contributed by atoms with Gasteiger partial charge in [-0.25, -0.2) is 4.39 Å². The van der Waals surface area contributed by atoms with E-state index in [2.05, 4.69) is 4.18 Å². The van der Waals surface area contributed by atoms with Crippen LogP contribution in [0.4, 0.5) is 4.39 Å². The molecule has 0 aliphatic heterocycles. The van der Waals surface area contributed by atoms with Crippen molar-refractivity contribution in [3.8, 4) is 0 Å². The van der Waals surface area contributed by atoms with Crippen LogP contribution in [0, 0.1) is 0 Å². The molecule has 1 aliphatic rings. The van der Waals surface area contributed by atoms with E-state index in [1.807, 2.05) is 0 Å². The molecule has 0 saturated heterocycles. The summed E-state index contributed by atoms with van der Waals surface area (Å²) in [7, 11) is -3.48.